The van der Waals surface area contributed by atoms with Crippen LogP contribution in [0.15, 0.2) is 23.1 Å². The molecule has 79 valence electrons. The summed E-state index contributed by atoms with van der Waals surface area (Å²) in [4.78, 5) is -0.371. The average molecular weight is 227 g/mol. The molecule has 1 aromatic rings. The molecule has 1 atom stereocenters. The predicted molar refractivity (Wildman–Crippen MR) is 53.7 cm³/mol. The number of benzene rings is 1. The fourth-order valence-electron chi connectivity index (χ4n) is 0.895. The van der Waals surface area contributed by atoms with Gasteiger partial charge in [0.25, 0.3) is 0 Å². The van der Waals surface area contributed by atoms with E-state index in [-0.39, 0.29) is 36.3 Å². The van der Waals surface area contributed by atoms with Crippen LogP contribution in [0.4, 0.5) is 4.39 Å². The molecule has 0 aliphatic rings. The van der Waals surface area contributed by atoms with E-state index in [9.17, 15) is 8.60 Å². The zero-order valence-electron chi connectivity index (χ0n) is 8.40. The Balaban J connectivity index is 0.00000196. The van der Waals surface area contributed by atoms with Crippen LogP contribution in [0.3, 0.4) is 0 Å². The van der Waals surface area contributed by atoms with Gasteiger partial charge in [-0.1, -0.05) is 6.07 Å². The third kappa shape index (κ3) is 3.93. The van der Waals surface area contributed by atoms with Gasteiger partial charge in [-0.15, -0.1) is 0 Å². The second-order valence-corrected chi connectivity index (χ2v) is 3.27. The van der Waals surface area contributed by atoms with Gasteiger partial charge in [0.1, 0.15) is 16.5 Å². The number of methoxy groups -OCH3 is 1. The number of halogens is 1. The zero-order valence-corrected chi connectivity index (χ0v) is 9.21. The molecule has 4 nitrogen and oxygen atoms in total. The van der Waals surface area contributed by atoms with Crippen molar-refractivity contribution in [1.82, 2.24) is 0 Å². The Labute approximate surface area is 101 Å². The van der Waals surface area contributed by atoms with Crippen LogP contribution in [-0.4, -0.2) is 41.5 Å². The van der Waals surface area contributed by atoms with E-state index in [1.165, 1.54) is 19.2 Å². The van der Waals surface area contributed by atoms with E-state index in [4.69, 9.17) is 9.29 Å². The molecule has 1 radical (unpaired) electrons. The molecule has 0 bridgehead atoms. The molecular formula is C8H9FLiO4S. The molecule has 0 spiro atoms. The molecule has 0 saturated heterocycles. The molecule has 0 heterocycles. The maximum absolute atomic E-state index is 13.1. The smallest absolute Gasteiger partial charge is 0.193 e. The summed E-state index contributed by atoms with van der Waals surface area (Å²) < 4.78 is 42.1. The third-order valence-electron chi connectivity index (χ3n) is 1.44. The van der Waals surface area contributed by atoms with Crippen molar-refractivity contribution < 1.29 is 22.6 Å². The van der Waals surface area contributed by atoms with Crippen molar-refractivity contribution >= 4 is 29.9 Å². The van der Waals surface area contributed by atoms with Gasteiger partial charge in [0.2, 0.25) is 0 Å². The maximum Gasteiger partial charge on any atom is 0.193 e. The first kappa shape index (κ1) is 14.6. The van der Waals surface area contributed by atoms with Crippen molar-refractivity contribution in [3.8, 4) is 5.75 Å². The Kier molecular flexibility index (Phi) is 6.81. The van der Waals surface area contributed by atoms with Crippen molar-refractivity contribution in [2.45, 2.75) is 4.90 Å². The van der Waals surface area contributed by atoms with Crippen LogP contribution in [-0.2, 0) is 15.8 Å². The summed E-state index contributed by atoms with van der Waals surface area (Å²) in [5.41, 5.74) is 0. The van der Waals surface area contributed by atoms with Gasteiger partial charge in [-0.2, -0.15) is 0 Å². The van der Waals surface area contributed by atoms with E-state index in [0.717, 1.165) is 6.07 Å². The van der Waals surface area contributed by atoms with E-state index >= 15 is 0 Å². The summed E-state index contributed by atoms with van der Waals surface area (Å²) in [5.74, 6) is -0.771. The van der Waals surface area contributed by atoms with Crippen molar-refractivity contribution in [2.75, 3.05) is 13.9 Å². The average Bonchev–Trinajstić information content (AvgIpc) is 2.14. The fraction of sp³-hybridized carbons (Fsp3) is 0.250. The Bertz CT molecular complexity index is 347. The molecule has 0 fully saturated rings. The monoisotopic (exact) mass is 227 g/mol. The molecular weight excluding hydrogens is 218 g/mol. The Morgan fingerprint density at radius 2 is 2.20 bits per heavy atom. The first-order valence-corrected chi connectivity index (χ1v) is 4.78. The van der Waals surface area contributed by atoms with Gasteiger partial charge in [-0.25, -0.2) is 8.60 Å². The van der Waals surface area contributed by atoms with Gasteiger partial charge in [-0.3, -0.25) is 0 Å². The van der Waals surface area contributed by atoms with Crippen LogP contribution in [0.25, 0.3) is 0 Å². The predicted octanol–water partition coefficient (Wildman–Crippen LogP) is 1.01. The van der Waals surface area contributed by atoms with Crippen LogP contribution >= 0.6 is 0 Å². The maximum atomic E-state index is 13.1. The summed E-state index contributed by atoms with van der Waals surface area (Å²) in [6.07, 6.45) is 0. The largest absolute Gasteiger partial charge is 0.466 e. The van der Waals surface area contributed by atoms with Crippen molar-refractivity contribution in [1.29, 1.82) is 0 Å². The Morgan fingerprint density at radius 3 is 2.73 bits per heavy atom. The van der Waals surface area contributed by atoms with E-state index in [1.807, 2.05) is 0 Å². The minimum Gasteiger partial charge on any atom is -0.466 e. The van der Waals surface area contributed by atoms with Crippen molar-refractivity contribution in [2.24, 2.45) is 0 Å². The van der Waals surface area contributed by atoms with Crippen LogP contribution < -0.4 is 4.74 Å². The summed E-state index contributed by atoms with van der Waals surface area (Å²) >= 11 is -2.41. The van der Waals surface area contributed by atoms with Gasteiger partial charge >= 0.3 is 0 Å². The number of hydrogen-bond acceptors (Lipinski definition) is 3. The second-order valence-electron chi connectivity index (χ2n) is 2.37. The molecule has 0 aromatic heterocycles. The van der Waals surface area contributed by atoms with Gasteiger partial charge in [0.05, 0.1) is 0 Å². The molecule has 0 saturated carbocycles. The second kappa shape index (κ2) is 6.98. The van der Waals surface area contributed by atoms with Crippen LogP contribution in [0.2, 0.25) is 0 Å². The van der Waals surface area contributed by atoms with E-state index in [2.05, 4.69) is 4.74 Å². The number of hydrogen-bond donors (Lipinski definition) is 1. The van der Waals surface area contributed by atoms with E-state index in [1.54, 1.807) is 0 Å². The molecule has 15 heavy (non-hydrogen) atoms. The van der Waals surface area contributed by atoms with Gasteiger partial charge in [0, 0.05) is 26.0 Å². The molecule has 0 aliphatic heterocycles. The Hall–Kier alpha value is -0.383. The van der Waals surface area contributed by atoms with Gasteiger partial charge in [-0.05, 0) is 12.1 Å². The van der Waals surface area contributed by atoms with Crippen molar-refractivity contribution in [3.05, 3.63) is 24.0 Å². The molecule has 1 rings (SSSR count). The third-order valence-corrected chi connectivity index (χ3v) is 2.18. The molecule has 0 amide bonds. The molecule has 0 aliphatic carbocycles. The minimum absolute atomic E-state index is 0. The summed E-state index contributed by atoms with van der Waals surface area (Å²) in [6.45, 7) is -0.104. The molecule has 1 aromatic carbocycles. The normalized spacial score (nSPS) is 11.7. The molecule has 7 heteroatoms. The standard InChI is InChI=1S/C8H9FO4S.Li/c1-12-5-13-7-4-2-3-6(9)8(7)14(10)11;/h2-4H,5H2,1H3,(H,10,11);. The van der Waals surface area contributed by atoms with Crippen molar-refractivity contribution in [3.63, 3.8) is 0 Å². The quantitative estimate of drug-likeness (QED) is 0.473. The van der Waals surface area contributed by atoms with Crippen LogP contribution in [0, 0.1) is 5.82 Å². The number of rotatable bonds is 4. The first-order valence-electron chi connectivity index (χ1n) is 3.68. The van der Waals surface area contributed by atoms with Crippen LogP contribution in [0.1, 0.15) is 0 Å². The number of ether oxygens (including phenoxy) is 2. The SMILES string of the molecule is COCOc1cccc(F)c1S(=O)O.[Li]. The Morgan fingerprint density at radius 1 is 1.53 bits per heavy atom. The topological polar surface area (TPSA) is 55.8 Å². The first-order chi connectivity index (χ1) is 6.66. The van der Waals surface area contributed by atoms with Crippen LogP contribution in [0.5, 0.6) is 5.75 Å². The van der Waals surface area contributed by atoms with Gasteiger partial charge in [0.15, 0.2) is 17.9 Å². The summed E-state index contributed by atoms with van der Waals surface area (Å²) in [7, 11) is 1.40. The van der Waals surface area contributed by atoms with E-state index in [0.29, 0.717) is 0 Å². The molecule has 1 N–H and O–H groups in total. The summed E-state index contributed by atoms with van der Waals surface area (Å²) in [6, 6.07) is 3.87. The zero-order chi connectivity index (χ0) is 10.6. The fourth-order valence-corrected chi connectivity index (χ4v) is 1.43. The van der Waals surface area contributed by atoms with Gasteiger partial charge < -0.3 is 14.0 Å². The minimum atomic E-state index is -2.41. The van der Waals surface area contributed by atoms with E-state index < -0.39 is 16.9 Å². The summed E-state index contributed by atoms with van der Waals surface area (Å²) in [5, 5.41) is 0. The molecule has 1 unspecified atom stereocenters.